The van der Waals surface area contributed by atoms with E-state index in [2.05, 4.69) is 42.3 Å². The van der Waals surface area contributed by atoms with Crippen LogP contribution in [0.15, 0.2) is 52.0 Å². The van der Waals surface area contributed by atoms with Crippen LogP contribution in [0, 0.1) is 11.3 Å². The number of anilines is 1. The van der Waals surface area contributed by atoms with E-state index in [-0.39, 0.29) is 23.1 Å². The third kappa shape index (κ3) is 2.67. The van der Waals surface area contributed by atoms with E-state index in [1.807, 2.05) is 25.1 Å². The van der Waals surface area contributed by atoms with Crippen molar-refractivity contribution >= 4 is 22.7 Å². The van der Waals surface area contributed by atoms with E-state index in [9.17, 15) is 10.2 Å². The summed E-state index contributed by atoms with van der Waals surface area (Å²) in [5, 5.41) is 22.0. The van der Waals surface area contributed by atoms with Crippen LogP contribution in [0.3, 0.4) is 0 Å². The molecule has 5 aliphatic rings. The van der Waals surface area contributed by atoms with Gasteiger partial charge in [0.15, 0.2) is 5.58 Å². The second-order valence-corrected chi connectivity index (χ2v) is 11.7. The summed E-state index contributed by atoms with van der Waals surface area (Å²) in [6.07, 6.45) is 9.53. The van der Waals surface area contributed by atoms with E-state index in [1.54, 1.807) is 0 Å². The first-order chi connectivity index (χ1) is 16.7. The van der Waals surface area contributed by atoms with E-state index < -0.39 is 17.8 Å². The smallest absolute Gasteiger partial charge is 0.292 e. The van der Waals surface area contributed by atoms with Crippen molar-refractivity contribution in [3.63, 3.8) is 0 Å². The van der Waals surface area contributed by atoms with E-state index in [0.29, 0.717) is 17.9 Å². The van der Waals surface area contributed by atoms with Gasteiger partial charge in [0.2, 0.25) is 0 Å². The Hall–Kier alpha value is -2.45. The van der Waals surface area contributed by atoms with Gasteiger partial charge in [-0.25, -0.2) is 0 Å². The molecule has 1 aromatic carbocycles. The number of oxazole rings is 1. The Kier molecular flexibility index (Phi) is 4.27. The Morgan fingerprint density at radius 2 is 2.00 bits per heavy atom. The molecule has 35 heavy (non-hydrogen) atoms. The number of nitrogens with zero attached hydrogens (tertiary/aromatic N) is 2. The van der Waals surface area contributed by atoms with E-state index in [1.165, 1.54) is 11.1 Å². The van der Waals surface area contributed by atoms with Crippen LogP contribution in [0.5, 0.6) is 0 Å². The van der Waals surface area contributed by atoms with Gasteiger partial charge < -0.3 is 30.0 Å². The van der Waals surface area contributed by atoms with Gasteiger partial charge in [0, 0.05) is 17.4 Å². The summed E-state index contributed by atoms with van der Waals surface area (Å²) in [5.74, 6) is 0.307. The van der Waals surface area contributed by atoms with Gasteiger partial charge in [0.1, 0.15) is 11.6 Å². The quantitative estimate of drug-likeness (QED) is 0.611. The van der Waals surface area contributed by atoms with Crippen molar-refractivity contribution in [1.29, 1.82) is 0 Å². The largest absolute Gasteiger partial charge is 0.424 e. The predicted molar refractivity (Wildman–Crippen MR) is 133 cm³/mol. The maximum Gasteiger partial charge on any atom is 0.292 e. The van der Waals surface area contributed by atoms with Gasteiger partial charge in [-0.1, -0.05) is 31.2 Å². The van der Waals surface area contributed by atoms with Crippen LogP contribution in [0.2, 0.25) is 0 Å². The van der Waals surface area contributed by atoms with Gasteiger partial charge in [-0.3, -0.25) is 0 Å². The molecule has 1 saturated heterocycles. The molecular formula is C28H33N3O4. The summed E-state index contributed by atoms with van der Waals surface area (Å²) in [6.45, 7) is 2.37. The van der Waals surface area contributed by atoms with Crippen molar-refractivity contribution < 1.29 is 19.4 Å². The van der Waals surface area contributed by atoms with Crippen LogP contribution in [-0.2, 0) is 4.74 Å². The third-order valence-electron chi connectivity index (χ3n) is 9.81. The van der Waals surface area contributed by atoms with E-state index >= 15 is 0 Å². The molecule has 7 unspecified atom stereocenters. The average molecular weight is 476 g/mol. The summed E-state index contributed by atoms with van der Waals surface area (Å²) in [6, 6.07) is 6.20. The summed E-state index contributed by atoms with van der Waals surface area (Å²) in [4.78, 5) is 6.36. The number of ether oxygens (including phenoxy) is 1. The Balaban J connectivity index is 1.30. The predicted octanol–water partition coefficient (Wildman–Crippen LogP) is 3.43. The van der Waals surface area contributed by atoms with Gasteiger partial charge in [0.25, 0.3) is 6.01 Å². The molecule has 7 rings (SSSR count). The molecule has 7 heteroatoms. The topological polar surface area (TPSA) is 105 Å². The van der Waals surface area contributed by atoms with Gasteiger partial charge in [0.05, 0.1) is 17.3 Å². The van der Waals surface area contributed by atoms with Crippen LogP contribution in [0.4, 0.5) is 6.01 Å². The van der Waals surface area contributed by atoms with Crippen LogP contribution in [0.25, 0.3) is 16.7 Å². The highest BCUT2D eigenvalue weighted by atomic mass is 16.5. The lowest BCUT2D eigenvalue weighted by Crippen LogP contribution is -2.61. The number of likely N-dealkylation sites (N-methyl/N-ethyl adjacent to an activating group) is 1. The lowest BCUT2D eigenvalue weighted by Gasteiger charge is -2.55. The third-order valence-corrected chi connectivity index (χ3v) is 9.81. The van der Waals surface area contributed by atoms with E-state index in [4.69, 9.17) is 14.9 Å². The molecule has 2 fully saturated rings. The lowest BCUT2D eigenvalue weighted by molar-refractivity contribution is -0.161. The number of allylic oxidation sites excluding steroid dienone is 3. The molecule has 2 spiro atoms. The van der Waals surface area contributed by atoms with Crippen LogP contribution < -0.4 is 5.73 Å². The van der Waals surface area contributed by atoms with Gasteiger partial charge >= 0.3 is 0 Å². The molecule has 7 nitrogen and oxygen atoms in total. The number of hydrogen-bond donors (Lipinski definition) is 3. The second kappa shape index (κ2) is 6.85. The van der Waals surface area contributed by atoms with Crippen molar-refractivity contribution in [2.24, 2.45) is 11.3 Å². The number of rotatable bonds is 2. The fraction of sp³-hybridized carbons (Fsp3) is 0.536. The fourth-order valence-electron chi connectivity index (χ4n) is 8.06. The molecule has 3 heterocycles. The first kappa shape index (κ1) is 21.8. The van der Waals surface area contributed by atoms with Crippen LogP contribution in [0.1, 0.15) is 44.6 Å². The molecule has 1 saturated carbocycles. The number of hydrogen-bond acceptors (Lipinski definition) is 7. The molecule has 0 amide bonds. The summed E-state index contributed by atoms with van der Waals surface area (Å²) in [7, 11) is 3.93. The molecule has 2 bridgehead atoms. The van der Waals surface area contributed by atoms with Crippen molar-refractivity contribution in [3.8, 4) is 0 Å². The number of aliphatic hydroxyl groups excluding tert-OH is 2. The average Bonchev–Trinajstić information content (AvgIpc) is 3.47. The molecule has 0 radical (unpaired) electrons. The molecule has 1 aromatic heterocycles. The van der Waals surface area contributed by atoms with Crippen molar-refractivity contribution in [1.82, 2.24) is 9.88 Å². The van der Waals surface area contributed by atoms with Gasteiger partial charge in [-0.15, -0.1) is 0 Å². The maximum atomic E-state index is 11.1. The fourth-order valence-corrected chi connectivity index (χ4v) is 8.06. The SMILES string of the molecule is CN(C)C1CC23CCC4(O2)C(=CCC2(C)C(c5ccc6oc(N)nc6c5)=CCC24)C=C3C(O)C1O. The zero-order valence-corrected chi connectivity index (χ0v) is 20.5. The maximum absolute atomic E-state index is 11.1. The Morgan fingerprint density at radius 3 is 2.80 bits per heavy atom. The number of benzene rings is 1. The van der Waals surface area contributed by atoms with Crippen LogP contribution >= 0.6 is 0 Å². The summed E-state index contributed by atoms with van der Waals surface area (Å²) < 4.78 is 12.7. The molecule has 2 aliphatic heterocycles. The van der Waals surface area contributed by atoms with Gasteiger partial charge in [-0.05, 0) is 80.6 Å². The Labute approximate surface area is 204 Å². The number of nitrogen functional groups attached to an aromatic ring is 1. The zero-order valence-electron chi connectivity index (χ0n) is 20.5. The zero-order chi connectivity index (χ0) is 24.3. The highest BCUT2D eigenvalue weighted by molar-refractivity contribution is 5.83. The highest BCUT2D eigenvalue weighted by Gasteiger charge is 2.67. The van der Waals surface area contributed by atoms with Crippen molar-refractivity contribution in [2.45, 2.75) is 68.5 Å². The van der Waals surface area contributed by atoms with E-state index in [0.717, 1.165) is 42.3 Å². The minimum absolute atomic E-state index is 0.0723. The number of fused-ring (bicyclic) bond motifs is 2. The normalized spacial score (nSPS) is 41.8. The highest BCUT2D eigenvalue weighted by Crippen LogP contribution is 2.67. The number of aromatic nitrogens is 1. The minimum Gasteiger partial charge on any atom is -0.424 e. The van der Waals surface area contributed by atoms with Crippen molar-refractivity contribution in [3.05, 3.63) is 53.1 Å². The molecule has 184 valence electrons. The number of nitrogens with two attached hydrogens (primary N) is 1. The van der Waals surface area contributed by atoms with Crippen molar-refractivity contribution in [2.75, 3.05) is 19.8 Å². The summed E-state index contributed by atoms with van der Waals surface area (Å²) >= 11 is 0. The molecule has 3 aliphatic carbocycles. The van der Waals surface area contributed by atoms with Crippen LogP contribution in [-0.4, -0.2) is 63.6 Å². The molecule has 7 atom stereocenters. The minimum atomic E-state index is -0.902. The number of aliphatic hydroxyl groups is 2. The Morgan fingerprint density at radius 1 is 1.17 bits per heavy atom. The Bertz CT molecular complexity index is 1340. The lowest BCUT2D eigenvalue weighted by atomic mass is 9.58. The van der Waals surface area contributed by atoms with Gasteiger partial charge in [-0.2, -0.15) is 4.98 Å². The molecule has 2 aromatic rings. The molecular weight excluding hydrogens is 442 g/mol. The monoisotopic (exact) mass is 475 g/mol. The summed E-state index contributed by atoms with van der Waals surface area (Å²) in [5.41, 5.74) is 10.9. The molecule has 4 N–H and O–H groups in total. The first-order valence-electron chi connectivity index (χ1n) is 12.7. The standard InChI is InChI=1S/C28H33N3O4/c1-26-9-8-16-13-18-23(32)24(33)20(31(2)3)14-27(18)10-11-28(16,35-27)22(26)7-5-17(26)15-4-6-21-19(12-15)30-25(29)34-21/h4-6,8,12-13,20,22-24,32-33H,7,9-11,14H2,1-3H3,(H2,29,30). The second-order valence-electron chi connectivity index (χ2n) is 11.7. The first-order valence-corrected chi connectivity index (χ1v) is 12.7.